The lowest BCUT2D eigenvalue weighted by molar-refractivity contribution is 0.432. The number of hydrogen-bond acceptors (Lipinski definition) is 3. The van der Waals surface area contributed by atoms with Crippen molar-refractivity contribution in [3.05, 3.63) is 29.8 Å². The minimum absolute atomic E-state index is 0.170. The molecule has 4 heteroatoms. The lowest BCUT2D eigenvalue weighted by atomic mass is 10.2. The molecule has 0 heterocycles. The lowest BCUT2D eigenvalue weighted by Crippen LogP contribution is -2.21. The SMILES string of the molecule is Cc1ccc(S(=O)(=O)CCN(C)C)cc1. The second kappa shape index (κ2) is 4.77. The normalized spacial score (nSPS) is 12.0. The fourth-order valence-electron chi connectivity index (χ4n) is 1.17. The maximum Gasteiger partial charge on any atom is 0.179 e. The van der Waals surface area contributed by atoms with Crippen LogP contribution in [0.25, 0.3) is 0 Å². The maximum atomic E-state index is 11.8. The van der Waals surface area contributed by atoms with Crippen LogP contribution >= 0.6 is 0 Å². The topological polar surface area (TPSA) is 37.4 Å². The van der Waals surface area contributed by atoms with E-state index >= 15 is 0 Å². The summed E-state index contributed by atoms with van der Waals surface area (Å²) in [6.07, 6.45) is 0. The van der Waals surface area contributed by atoms with Crippen molar-refractivity contribution >= 4 is 9.84 Å². The first kappa shape index (κ1) is 12.2. The minimum Gasteiger partial charge on any atom is -0.308 e. The van der Waals surface area contributed by atoms with Gasteiger partial charge in [0.25, 0.3) is 0 Å². The highest BCUT2D eigenvalue weighted by atomic mass is 32.2. The van der Waals surface area contributed by atoms with Gasteiger partial charge in [0.2, 0.25) is 0 Å². The molecule has 15 heavy (non-hydrogen) atoms. The molecule has 84 valence electrons. The van der Waals surface area contributed by atoms with Crippen LogP contribution in [0.5, 0.6) is 0 Å². The van der Waals surface area contributed by atoms with E-state index in [0.717, 1.165) is 5.56 Å². The van der Waals surface area contributed by atoms with Crippen LogP contribution in [-0.2, 0) is 9.84 Å². The molecule has 0 radical (unpaired) electrons. The molecule has 0 aromatic heterocycles. The fraction of sp³-hybridized carbons (Fsp3) is 0.455. The largest absolute Gasteiger partial charge is 0.308 e. The van der Waals surface area contributed by atoms with E-state index in [2.05, 4.69) is 0 Å². The Morgan fingerprint density at radius 3 is 2.13 bits per heavy atom. The van der Waals surface area contributed by atoms with Crippen LogP contribution in [0.2, 0.25) is 0 Å². The highest BCUT2D eigenvalue weighted by molar-refractivity contribution is 7.91. The Morgan fingerprint density at radius 2 is 1.67 bits per heavy atom. The van der Waals surface area contributed by atoms with E-state index in [1.165, 1.54) is 0 Å². The third-order valence-corrected chi connectivity index (χ3v) is 3.90. The molecule has 0 bridgehead atoms. The smallest absolute Gasteiger partial charge is 0.179 e. The summed E-state index contributed by atoms with van der Waals surface area (Å²) in [6.45, 7) is 2.49. The van der Waals surface area contributed by atoms with E-state index in [9.17, 15) is 8.42 Å². The predicted molar refractivity (Wildman–Crippen MR) is 61.8 cm³/mol. The molecular weight excluding hydrogens is 210 g/mol. The molecule has 0 amide bonds. The number of aryl methyl sites for hydroxylation is 1. The maximum absolute atomic E-state index is 11.8. The molecule has 0 aliphatic rings. The number of rotatable bonds is 4. The highest BCUT2D eigenvalue weighted by Crippen LogP contribution is 2.11. The Morgan fingerprint density at radius 1 is 1.13 bits per heavy atom. The molecule has 1 aromatic carbocycles. The predicted octanol–water partition coefficient (Wildman–Crippen LogP) is 1.33. The van der Waals surface area contributed by atoms with Gasteiger partial charge in [-0.25, -0.2) is 8.42 Å². The van der Waals surface area contributed by atoms with Crippen LogP contribution in [0.3, 0.4) is 0 Å². The van der Waals surface area contributed by atoms with Crippen LogP contribution in [0.4, 0.5) is 0 Å². The fourth-order valence-corrected chi connectivity index (χ4v) is 2.56. The monoisotopic (exact) mass is 227 g/mol. The first-order valence-corrected chi connectivity index (χ1v) is 6.51. The van der Waals surface area contributed by atoms with Crippen LogP contribution in [0, 0.1) is 6.92 Å². The van der Waals surface area contributed by atoms with Gasteiger partial charge in [0.1, 0.15) is 0 Å². The quantitative estimate of drug-likeness (QED) is 0.778. The highest BCUT2D eigenvalue weighted by Gasteiger charge is 2.13. The summed E-state index contributed by atoms with van der Waals surface area (Å²) in [5.41, 5.74) is 1.07. The van der Waals surface area contributed by atoms with Gasteiger partial charge in [-0.15, -0.1) is 0 Å². The lowest BCUT2D eigenvalue weighted by Gasteiger charge is -2.09. The number of nitrogens with zero attached hydrogens (tertiary/aromatic N) is 1. The molecule has 0 spiro atoms. The third kappa shape index (κ3) is 3.64. The van der Waals surface area contributed by atoms with Crippen LogP contribution in [0.1, 0.15) is 5.56 Å². The summed E-state index contributed by atoms with van der Waals surface area (Å²) < 4.78 is 23.6. The molecule has 0 atom stereocenters. The number of sulfone groups is 1. The number of hydrogen-bond donors (Lipinski definition) is 0. The van der Waals surface area contributed by atoms with Gasteiger partial charge in [-0.2, -0.15) is 0 Å². The van der Waals surface area contributed by atoms with Crippen molar-refractivity contribution in [1.29, 1.82) is 0 Å². The Labute approximate surface area is 91.6 Å². The van der Waals surface area contributed by atoms with Gasteiger partial charge in [0, 0.05) is 6.54 Å². The second-order valence-electron chi connectivity index (χ2n) is 3.94. The van der Waals surface area contributed by atoms with Gasteiger partial charge in [-0.3, -0.25) is 0 Å². The molecular formula is C11H17NO2S. The molecule has 0 aliphatic heterocycles. The molecule has 1 aromatic rings. The van der Waals surface area contributed by atoms with E-state index in [0.29, 0.717) is 11.4 Å². The Kier molecular flexibility index (Phi) is 3.88. The average molecular weight is 227 g/mol. The van der Waals surface area contributed by atoms with E-state index in [1.807, 2.05) is 38.1 Å². The summed E-state index contributed by atoms with van der Waals surface area (Å²) >= 11 is 0. The van der Waals surface area contributed by atoms with Gasteiger partial charge < -0.3 is 4.90 Å². The van der Waals surface area contributed by atoms with Crippen molar-refractivity contribution in [2.75, 3.05) is 26.4 Å². The molecule has 0 unspecified atom stereocenters. The van der Waals surface area contributed by atoms with E-state index in [4.69, 9.17) is 0 Å². The summed E-state index contributed by atoms with van der Waals surface area (Å²) in [4.78, 5) is 2.28. The Bertz CT molecular complexity index is 407. The molecule has 3 nitrogen and oxygen atoms in total. The zero-order valence-electron chi connectivity index (χ0n) is 9.40. The van der Waals surface area contributed by atoms with Crippen molar-refractivity contribution in [3.63, 3.8) is 0 Å². The van der Waals surface area contributed by atoms with Crippen LogP contribution in [-0.4, -0.2) is 39.7 Å². The summed E-state index contributed by atoms with van der Waals surface area (Å²) in [6, 6.07) is 6.98. The summed E-state index contributed by atoms with van der Waals surface area (Å²) in [5.74, 6) is 0.170. The van der Waals surface area contributed by atoms with Gasteiger partial charge >= 0.3 is 0 Å². The van der Waals surface area contributed by atoms with Crippen LogP contribution < -0.4 is 0 Å². The molecule has 0 saturated heterocycles. The van der Waals surface area contributed by atoms with Gasteiger partial charge in [-0.05, 0) is 33.2 Å². The van der Waals surface area contributed by atoms with Gasteiger partial charge in [0.15, 0.2) is 9.84 Å². The first-order chi connectivity index (χ1) is 6.92. The molecule has 1 rings (SSSR count). The first-order valence-electron chi connectivity index (χ1n) is 4.86. The van der Waals surface area contributed by atoms with E-state index < -0.39 is 9.84 Å². The third-order valence-electron chi connectivity index (χ3n) is 2.19. The minimum atomic E-state index is -3.11. The second-order valence-corrected chi connectivity index (χ2v) is 6.04. The molecule has 0 saturated carbocycles. The molecule has 0 fully saturated rings. The van der Waals surface area contributed by atoms with Crippen molar-refractivity contribution in [1.82, 2.24) is 4.90 Å². The summed E-state index contributed by atoms with van der Waals surface area (Å²) in [5, 5.41) is 0. The van der Waals surface area contributed by atoms with Crippen LogP contribution in [0.15, 0.2) is 29.2 Å². The Hall–Kier alpha value is -0.870. The standard InChI is InChI=1S/C11H17NO2S/c1-10-4-6-11(7-5-10)15(13,14)9-8-12(2)3/h4-7H,8-9H2,1-3H3. The van der Waals surface area contributed by atoms with E-state index in [-0.39, 0.29) is 5.75 Å². The van der Waals surface area contributed by atoms with Crippen molar-refractivity contribution < 1.29 is 8.42 Å². The zero-order chi connectivity index (χ0) is 11.5. The van der Waals surface area contributed by atoms with Gasteiger partial charge in [-0.1, -0.05) is 17.7 Å². The molecule has 0 N–H and O–H groups in total. The van der Waals surface area contributed by atoms with E-state index in [1.54, 1.807) is 12.1 Å². The number of benzene rings is 1. The Balaban J connectivity index is 2.82. The zero-order valence-corrected chi connectivity index (χ0v) is 10.2. The van der Waals surface area contributed by atoms with Gasteiger partial charge in [0.05, 0.1) is 10.6 Å². The summed E-state index contributed by atoms with van der Waals surface area (Å²) in [7, 11) is 0.618. The average Bonchev–Trinajstić information content (AvgIpc) is 2.16. The van der Waals surface area contributed by atoms with Crippen molar-refractivity contribution in [3.8, 4) is 0 Å². The van der Waals surface area contributed by atoms with Crippen molar-refractivity contribution in [2.24, 2.45) is 0 Å². The van der Waals surface area contributed by atoms with Crippen molar-refractivity contribution in [2.45, 2.75) is 11.8 Å². The molecule has 0 aliphatic carbocycles.